The molecule has 264 valence electrons. The molecule has 15 nitrogen and oxygen atoms in total. The maximum Gasteiger partial charge on any atom is 0.225 e. The molecule has 0 spiro atoms. The van der Waals surface area contributed by atoms with E-state index in [-0.39, 0.29) is 16.7 Å². The van der Waals surface area contributed by atoms with Crippen LogP contribution in [0, 0.1) is 13.8 Å². The van der Waals surface area contributed by atoms with Crippen molar-refractivity contribution in [3.05, 3.63) is 42.1 Å². The zero-order valence-corrected chi connectivity index (χ0v) is 29.6. The van der Waals surface area contributed by atoms with Crippen LogP contribution in [0.5, 0.6) is 11.5 Å². The smallest absolute Gasteiger partial charge is 0.225 e. The lowest BCUT2D eigenvalue weighted by Gasteiger charge is -2.34. The first-order chi connectivity index (χ1) is 23.5. The molecular formula is C33H46N10O5S. The zero-order valence-electron chi connectivity index (χ0n) is 28.8. The second-order valence-corrected chi connectivity index (χ2v) is 16.0. The Kier molecular flexibility index (Phi) is 10.5. The van der Waals surface area contributed by atoms with Crippen LogP contribution in [0.15, 0.2) is 35.7 Å². The predicted molar refractivity (Wildman–Crippen MR) is 187 cm³/mol. The monoisotopic (exact) mass is 694 g/mol. The number of piperazine rings is 1. The molecule has 16 heteroatoms. The fourth-order valence-electron chi connectivity index (χ4n) is 5.65. The Morgan fingerprint density at radius 2 is 1.82 bits per heavy atom. The summed E-state index contributed by atoms with van der Waals surface area (Å²) in [6.45, 7) is 16.2. The molecule has 2 saturated heterocycles. The van der Waals surface area contributed by atoms with E-state index in [2.05, 4.69) is 50.6 Å². The molecule has 4 aromatic rings. The molecule has 0 amide bonds. The van der Waals surface area contributed by atoms with Crippen molar-refractivity contribution in [2.75, 3.05) is 75.9 Å². The molecule has 6 rings (SSSR count). The van der Waals surface area contributed by atoms with E-state index < -0.39 is 14.6 Å². The predicted octanol–water partition coefficient (Wildman–Crippen LogP) is 3.03. The van der Waals surface area contributed by atoms with E-state index in [1.54, 1.807) is 45.3 Å². The van der Waals surface area contributed by atoms with Crippen molar-refractivity contribution < 1.29 is 22.6 Å². The van der Waals surface area contributed by atoms with Crippen LogP contribution in [0.4, 0.5) is 17.6 Å². The number of sulfone groups is 1. The number of hydrogen-bond donors (Lipinski definition) is 3. The van der Waals surface area contributed by atoms with Gasteiger partial charge in [0.15, 0.2) is 15.6 Å². The van der Waals surface area contributed by atoms with Gasteiger partial charge in [0.05, 0.1) is 41.6 Å². The van der Waals surface area contributed by atoms with Gasteiger partial charge < -0.3 is 29.7 Å². The average Bonchev–Trinajstić information content (AvgIpc) is 3.41. The first-order valence-corrected chi connectivity index (χ1v) is 18.2. The third kappa shape index (κ3) is 8.03. The maximum atomic E-state index is 13.8. The molecule has 3 aromatic heterocycles. The minimum Gasteiger partial charge on any atom is -0.492 e. The number of benzene rings is 1. The van der Waals surface area contributed by atoms with Gasteiger partial charge in [-0.3, -0.25) is 10.00 Å². The van der Waals surface area contributed by atoms with E-state index in [1.807, 2.05) is 13.8 Å². The number of anilines is 3. The lowest BCUT2D eigenvalue weighted by molar-refractivity contribution is 0.0000538. The van der Waals surface area contributed by atoms with Crippen LogP contribution in [0.3, 0.4) is 0 Å². The van der Waals surface area contributed by atoms with Gasteiger partial charge in [0.1, 0.15) is 41.3 Å². The van der Waals surface area contributed by atoms with E-state index >= 15 is 0 Å². The van der Waals surface area contributed by atoms with Crippen molar-refractivity contribution in [2.45, 2.75) is 56.8 Å². The Labute approximate surface area is 287 Å². The summed E-state index contributed by atoms with van der Waals surface area (Å²) >= 11 is 0. The summed E-state index contributed by atoms with van der Waals surface area (Å²) in [5.41, 5.74) is 2.38. The summed E-state index contributed by atoms with van der Waals surface area (Å²) in [5.74, 6) is 2.77. The highest BCUT2D eigenvalue weighted by Crippen LogP contribution is 2.37. The number of morpholine rings is 1. The number of H-pyrrole nitrogens is 1. The van der Waals surface area contributed by atoms with Gasteiger partial charge in [-0.15, -0.1) is 0 Å². The largest absolute Gasteiger partial charge is 0.492 e. The van der Waals surface area contributed by atoms with Gasteiger partial charge in [-0.05, 0) is 47.1 Å². The number of nitrogens with one attached hydrogen (secondary N) is 3. The molecule has 5 heterocycles. The van der Waals surface area contributed by atoms with E-state index in [0.717, 1.165) is 63.5 Å². The van der Waals surface area contributed by atoms with Crippen LogP contribution >= 0.6 is 0 Å². The average molecular weight is 695 g/mol. The van der Waals surface area contributed by atoms with Gasteiger partial charge in [-0.25, -0.2) is 28.4 Å². The van der Waals surface area contributed by atoms with Crippen LogP contribution < -0.4 is 25.0 Å². The molecule has 2 aliphatic heterocycles. The Morgan fingerprint density at radius 1 is 1.04 bits per heavy atom. The number of aromatic amines is 1. The summed E-state index contributed by atoms with van der Waals surface area (Å²) < 4.78 is 44.2. The highest BCUT2D eigenvalue weighted by atomic mass is 32.2. The molecule has 1 atom stereocenters. The molecule has 0 radical (unpaired) electrons. The van der Waals surface area contributed by atoms with Gasteiger partial charge in [-0.1, -0.05) is 0 Å². The van der Waals surface area contributed by atoms with Gasteiger partial charge in [0, 0.05) is 62.8 Å². The van der Waals surface area contributed by atoms with Crippen LogP contribution in [0.25, 0.3) is 10.9 Å². The minimum absolute atomic E-state index is 0.0331. The molecule has 0 saturated carbocycles. The molecule has 2 fully saturated rings. The number of rotatable bonds is 12. The molecule has 2 aliphatic rings. The quantitative estimate of drug-likeness (QED) is 0.185. The normalized spacial score (nSPS) is 17.7. The molecule has 0 unspecified atom stereocenters. The van der Waals surface area contributed by atoms with Gasteiger partial charge in [-0.2, -0.15) is 5.10 Å². The third-order valence-electron chi connectivity index (χ3n) is 8.88. The van der Waals surface area contributed by atoms with Crippen molar-refractivity contribution >= 4 is 38.3 Å². The second-order valence-electron chi connectivity index (χ2n) is 13.3. The topological polar surface area (TPSA) is 173 Å². The summed E-state index contributed by atoms with van der Waals surface area (Å²) in [7, 11) is -3.77. The van der Waals surface area contributed by atoms with Crippen LogP contribution in [0.1, 0.15) is 38.4 Å². The second kappa shape index (κ2) is 14.8. The van der Waals surface area contributed by atoms with Crippen LogP contribution in [-0.4, -0.2) is 120 Å². The minimum atomic E-state index is -3.77. The third-order valence-corrected chi connectivity index (χ3v) is 11.4. The summed E-state index contributed by atoms with van der Waals surface area (Å²) in [4.78, 5) is 22.6. The van der Waals surface area contributed by atoms with Crippen molar-refractivity contribution in [3.63, 3.8) is 0 Å². The van der Waals surface area contributed by atoms with Crippen molar-refractivity contribution in [2.24, 2.45) is 0 Å². The number of aryl methyl sites for hydroxylation is 1. The van der Waals surface area contributed by atoms with Gasteiger partial charge in [0.25, 0.3) is 0 Å². The van der Waals surface area contributed by atoms with E-state index in [9.17, 15) is 8.42 Å². The Morgan fingerprint density at radius 3 is 2.49 bits per heavy atom. The lowest BCUT2D eigenvalue weighted by Crippen LogP contribution is -2.47. The number of ether oxygens (including phenoxy) is 3. The fraction of sp³-hybridized carbons (Fsp3) is 0.545. The highest BCUT2D eigenvalue weighted by Gasteiger charge is 2.34. The number of hydrogen-bond acceptors (Lipinski definition) is 14. The zero-order chi connectivity index (χ0) is 34.6. The number of aromatic nitrogens is 6. The molecule has 0 bridgehead atoms. The fourth-order valence-corrected chi connectivity index (χ4v) is 6.97. The number of nitrogens with zero attached hydrogens (tertiary/aromatic N) is 7. The molecule has 49 heavy (non-hydrogen) atoms. The van der Waals surface area contributed by atoms with Gasteiger partial charge in [0.2, 0.25) is 5.95 Å². The summed E-state index contributed by atoms with van der Waals surface area (Å²) in [6, 6.07) is 3.32. The Hall–Kier alpha value is -4.12. The first kappa shape index (κ1) is 34.7. The molecule has 0 aliphatic carbocycles. The molecule has 3 N–H and O–H groups in total. The first-order valence-electron chi connectivity index (χ1n) is 16.7. The molecular weight excluding hydrogens is 648 g/mol. The van der Waals surface area contributed by atoms with E-state index in [1.165, 1.54) is 6.33 Å². The highest BCUT2D eigenvalue weighted by molar-refractivity contribution is 7.92. The summed E-state index contributed by atoms with van der Waals surface area (Å²) in [6.07, 6.45) is 5.64. The van der Waals surface area contributed by atoms with E-state index in [0.29, 0.717) is 54.1 Å². The van der Waals surface area contributed by atoms with Crippen molar-refractivity contribution in [1.82, 2.24) is 40.3 Å². The Bertz CT molecular complexity index is 1830. The lowest BCUT2D eigenvalue weighted by atomic mass is 10.2. The van der Waals surface area contributed by atoms with Gasteiger partial charge >= 0.3 is 0 Å². The van der Waals surface area contributed by atoms with Crippen LogP contribution in [0.2, 0.25) is 0 Å². The van der Waals surface area contributed by atoms with Crippen molar-refractivity contribution in [3.8, 4) is 11.5 Å². The summed E-state index contributed by atoms with van der Waals surface area (Å²) in [5, 5.41) is 14.3. The maximum absolute atomic E-state index is 13.8. The Balaban J connectivity index is 1.05. The van der Waals surface area contributed by atoms with Crippen LogP contribution in [-0.2, 0) is 14.6 Å². The number of fused-ring (bicyclic) bond motifs is 1. The van der Waals surface area contributed by atoms with Crippen molar-refractivity contribution in [1.29, 1.82) is 0 Å². The SMILES string of the molecule is Cc1n[nH]c(Nc2ncnc3cc(OCCCN4CCN(c5ncc(OC[C@H]6CNCCO6)cn5)CC4)c(S(=O)(=O)C(C)(C)C)cc23)c1C. The van der Waals surface area contributed by atoms with E-state index in [4.69, 9.17) is 14.2 Å². The molecule has 1 aromatic carbocycles. The standard InChI is InChI=1S/C33H46N10O5S/c1-22-23(2)40-41-30(22)39-31-26-15-29(49(44,45)33(3,4)5)28(16-27(26)37-21-38-31)47-13-6-8-42-9-11-43(12-10-42)32-35-18-24(19-36-32)48-20-25-17-34-7-14-46-25/h15-16,18-19,21,25,34H,6-14,17,20H2,1-5H3,(H2,37,38,39,40,41)/t25-/m1/s1.